The first kappa shape index (κ1) is 45.8. The molecule has 0 saturated carbocycles. The van der Waals surface area contributed by atoms with E-state index >= 15 is 4.79 Å². The number of carbonyl (C=O) groups excluding carboxylic acids is 4. The van der Waals surface area contributed by atoms with Crippen molar-refractivity contribution in [3.63, 3.8) is 0 Å². The van der Waals surface area contributed by atoms with Gasteiger partial charge in [-0.05, 0) is 69.2 Å². The highest BCUT2D eigenvalue weighted by molar-refractivity contribution is 5.92. The molecule has 4 atom stereocenters. The summed E-state index contributed by atoms with van der Waals surface area (Å²) in [5, 5.41) is 14.6. The van der Waals surface area contributed by atoms with Crippen LogP contribution in [0.4, 0.5) is 4.79 Å². The molecule has 322 valence electrons. The van der Waals surface area contributed by atoms with E-state index in [2.05, 4.69) is 5.32 Å². The standard InChI is InChI=1S/C49H59N5O7/c1-33(2)28-41(43(55)46(58)60-34(3)4)54(45(57)40(29-35-20-12-8-13-21-35)52-47(59)61-48(5,6)7)42(44(50)56)30-39-31-53(32-51-39)49(36-22-14-9-15-23-36,37-24-16-10-17-25-37)38-26-18-11-19-27-38/h8-27,31-34,40-43,55H,28-30H2,1-7H3,(H2,50,56)(H,52,59)/t40-,41?,42-,43?/m0/s1. The minimum Gasteiger partial charge on any atom is -0.461 e. The van der Waals surface area contributed by atoms with Crippen molar-refractivity contribution >= 4 is 23.9 Å². The number of benzene rings is 4. The number of nitrogens with zero attached hydrogens (tertiary/aromatic N) is 3. The van der Waals surface area contributed by atoms with Gasteiger partial charge in [0.15, 0.2) is 6.10 Å². The number of aliphatic hydroxyl groups is 1. The van der Waals surface area contributed by atoms with E-state index in [1.54, 1.807) is 65.2 Å². The molecule has 4 N–H and O–H groups in total. The lowest BCUT2D eigenvalue weighted by Gasteiger charge is -2.41. The number of esters is 1. The van der Waals surface area contributed by atoms with Gasteiger partial charge in [-0.3, -0.25) is 9.59 Å². The van der Waals surface area contributed by atoms with Crippen molar-refractivity contribution in [1.82, 2.24) is 19.8 Å². The van der Waals surface area contributed by atoms with Crippen molar-refractivity contribution in [2.45, 2.75) is 109 Å². The van der Waals surface area contributed by atoms with E-state index in [1.165, 1.54) is 0 Å². The summed E-state index contributed by atoms with van der Waals surface area (Å²) in [6, 6.07) is 34.9. The summed E-state index contributed by atoms with van der Waals surface area (Å²) in [4.78, 5) is 62.2. The van der Waals surface area contributed by atoms with Crippen LogP contribution in [0.15, 0.2) is 134 Å². The van der Waals surface area contributed by atoms with Crippen molar-refractivity contribution in [3.8, 4) is 0 Å². The Labute approximate surface area is 359 Å². The van der Waals surface area contributed by atoms with Crippen molar-refractivity contribution in [2.75, 3.05) is 0 Å². The van der Waals surface area contributed by atoms with Crippen LogP contribution < -0.4 is 11.1 Å². The third-order valence-corrected chi connectivity index (χ3v) is 10.2. The maximum absolute atomic E-state index is 15.3. The van der Waals surface area contributed by atoms with Crippen LogP contribution in [0.1, 0.15) is 82.8 Å². The summed E-state index contributed by atoms with van der Waals surface area (Å²) >= 11 is 0. The number of hydrogen-bond acceptors (Lipinski definition) is 8. The van der Waals surface area contributed by atoms with Crippen molar-refractivity contribution in [1.29, 1.82) is 0 Å². The highest BCUT2D eigenvalue weighted by Crippen LogP contribution is 2.41. The van der Waals surface area contributed by atoms with E-state index < -0.39 is 65.4 Å². The number of aromatic nitrogens is 2. The van der Waals surface area contributed by atoms with Gasteiger partial charge in [0.1, 0.15) is 23.2 Å². The Hall–Kier alpha value is -6.27. The van der Waals surface area contributed by atoms with Gasteiger partial charge in [-0.15, -0.1) is 0 Å². The average molecular weight is 830 g/mol. The second kappa shape index (κ2) is 20.3. The fourth-order valence-corrected chi connectivity index (χ4v) is 7.74. The van der Waals surface area contributed by atoms with Gasteiger partial charge in [0.05, 0.1) is 24.2 Å². The molecule has 61 heavy (non-hydrogen) atoms. The zero-order chi connectivity index (χ0) is 44.3. The van der Waals surface area contributed by atoms with Gasteiger partial charge >= 0.3 is 12.1 Å². The van der Waals surface area contributed by atoms with Gasteiger partial charge in [0.25, 0.3) is 0 Å². The Bertz CT molecular complexity index is 2090. The fourth-order valence-electron chi connectivity index (χ4n) is 7.74. The lowest BCUT2D eigenvalue weighted by atomic mass is 9.77. The van der Waals surface area contributed by atoms with E-state index in [4.69, 9.17) is 20.2 Å². The first-order valence-corrected chi connectivity index (χ1v) is 20.7. The van der Waals surface area contributed by atoms with Gasteiger partial charge in [0, 0.05) is 19.0 Å². The van der Waals surface area contributed by atoms with Crippen LogP contribution in [0, 0.1) is 5.92 Å². The van der Waals surface area contributed by atoms with Crippen LogP contribution in [0.5, 0.6) is 0 Å². The molecule has 0 bridgehead atoms. The third kappa shape index (κ3) is 11.5. The van der Waals surface area contributed by atoms with Crippen LogP contribution >= 0.6 is 0 Å². The molecule has 0 radical (unpaired) electrons. The average Bonchev–Trinajstić information content (AvgIpc) is 3.69. The van der Waals surface area contributed by atoms with Crippen LogP contribution in [-0.4, -0.2) is 79.4 Å². The Morgan fingerprint density at radius 1 is 0.770 bits per heavy atom. The highest BCUT2D eigenvalue weighted by atomic mass is 16.6. The van der Waals surface area contributed by atoms with Gasteiger partial charge in [-0.1, -0.05) is 135 Å². The second-order valence-corrected chi connectivity index (χ2v) is 17.0. The van der Waals surface area contributed by atoms with Gasteiger partial charge in [0.2, 0.25) is 11.8 Å². The zero-order valence-corrected chi connectivity index (χ0v) is 36.1. The number of alkyl carbamates (subject to hydrolysis) is 1. The molecule has 2 unspecified atom stereocenters. The number of primary amides is 1. The molecular formula is C49H59N5O7. The zero-order valence-electron chi connectivity index (χ0n) is 36.1. The minimum absolute atomic E-state index is 0.00972. The van der Waals surface area contributed by atoms with E-state index in [-0.39, 0.29) is 25.2 Å². The molecule has 12 nitrogen and oxygen atoms in total. The normalized spacial score (nSPS) is 13.8. The molecule has 0 fully saturated rings. The molecule has 0 spiro atoms. The predicted molar refractivity (Wildman–Crippen MR) is 234 cm³/mol. The lowest BCUT2D eigenvalue weighted by Crippen LogP contribution is -2.63. The van der Waals surface area contributed by atoms with Gasteiger partial charge < -0.3 is 35.1 Å². The molecule has 5 rings (SSSR count). The molecule has 4 aromatic carbocycles. The van der Waals surface area contributed by atoms with Gasteiger partial charge in [-0.25, -0.2) is 14.6 Å². The van der Waals surface area contributed by atoms with E-state index in [0.717, 1.165) is 21.6 Å². The maximum atomic E-state index is 15.3. The fraction of sp³-hybridized carbons (Fsp3) is 0.367. The monoisotopic (exact) mass is 829 g/mol. The first-order valence-electron chi connectivity index (χ1n) is 20.7. The number of hydrogen-bond donors (Lipinski definition) is 3. The van der Waals surface area contributed by atoms with E-state index in [0.29, 0.717) is 11.3 Å². The molecule has 0 saturated heterocycles. The summed E-state index contributed by atoms with van der Waals surface area (Å²) in [7, 11) is 0. The molecule has 0 aliphatic carbocycles. The predicted octanol–water partition coefficient (Wildman–Crippen LogP) is 6.81. The number of aliphatic hydroxyl groups excluding tert-OH is 1. The molecule has 3 amide bonds. The number of rotatable bonds is 18. The van der Waals surface area contributed by atoms with E-state index in [1.807, 2.05) is 122 Å². The Balaban J connectivity index is 1.68. The molecule has 5 aromatic rings. The van der Waals surface area contributed by atoms with E-state index in [9.17, 15) is 19.5 Å². The van der Waals surface area contributed by atoms with Gasteiger partial charge in [-0.2, -0.15) is 0 Å². The second-order valence-electron chi connectivity index (χ2n) is 17.0. The molecule has 0 aliphatic heterocycles. The van der Waals surface area contributed by atoms with Crippen LogP contribution in [0.2, 0.25) is 0 Å². The Kier molecular flexibility index (Phi) is 15.3. The van der Waals surface area contributed by atoms with Crippen molar-refractivity contribution in [3.05, 3.63) is 162 Å². The van der Waals surface area contributed by atoms with Crippen LogP contribution in [0.25, 0.3) is 0 Å². The first-order chi connectivity index (χ1) is 29.0. The summed E-state index contributed by atoms with van der Waals surface area (Å²) in [5.74, 6) is -2.82. The number of amides is 3. The topological polar surface area (TPSA) is 166 Å². The number of carbonyl (C=O) groups is 4. The molecule has 1 heterocycles. The summed E-state index contributed by atoms with van der Waals surface area (Å²) < 4.78 is 13.0. The number of ether oxygens (including phenoxy) is 2. The molecular weight excluding hydrogens is 771 g/mol. The van der Waals surface area contributed by atoms with Crippen LogP contribution in [0.3, 0.4) is 0 Å². The van der Waals surface area contributed by atoms with Crippen molar-refractivity contribution < 1.29 is 33.8 Å². The number of imidazole rings is 1. The Morgan fingerprint density at radius 2 is 1.26 bits per heavy atom. The largest absolute Gasteiger partial charge is 0.461 e. The maximum Gasteiger partial charge on any atom is 0.408 e. The summed E-state index contributed by atoms with van der Waals surface area (Å²) in [6.45, 7) is 12.1. The smallest absolute Gasteiger partial charge is 0.408 e. The summed E-state index contributed by atoms with van der Waals surface area (Å²) in [6.07, 6.45) is 0.0481. The third-order valence-electron chi connectivity index (χ3n) is 10.2. The highest BCUT2D eigenvalue weighted by Gasteiger charge is 2.45. The lowest BCUT2D eigenvalue weighted by molar-refractivity contribution is -0.166. The number of nitrogens with one attached hydrogen (secondary N) is 1. The molecule has 0 aliphatic rings. The van der Waals surface area contributed by atoms with Crippen LogP contribution in [-0.2, 0) is 42.2 Å². The van der Waals surface area contributed by atoms with Crippen molar-refractivity contribution in [2.24, 2.45) is 11.7 Å². The molecule has 1 aromatic heterocycles. The Morgan fingerprint density at radius 3 is 1.70 bits per heavy atom. The molecule has 12 heteroatoms. The summed E-state index contributed by atoms with van der Waals surface area (Å²) in [5.41, 5.74) is 8.38. The quantitative estimate of drug-likeness (QED) is 0.0640. The number of nitrogens with two attached hydrogens (primary N) is 1. The minimum atomic E-state index is -1.88. The SMILES string of the molecule is CC(C)CC(C(O)C(=O)OC(C)C)N(C(=O)[C@H](Cc1ccccc1)NC(=O)OC(C)(C)C)[C@@H](Cc1cn(C(c2ccccc2)(c2ccccc2)c2ccccc2)cn1)C(N)=O.